The van der Waals surface area contributed by atoms with Crippen LogP contribution >= 0.6 is 36.0 Å². The summed E-state index contributed by atoms with van der Waals surface area (Å²) < 4.78 is 37.2. The first kappa shape index (κ1) is 67.4. The standard InChI is InChI=1S/C23H31NO6S.C15H25NO5.C8H7ClOS.C7H10N2.C5H5N/c1-8-13-23(6)17(29-21(31)28-16-11-9-15(2)10-12-16)14-24(18(23)19(25)27-7)20(26)30-22(3,4)5;1-7-8-15(5)10(17)9-16(11(15)12(18)20-6)13(19)21-14(2,3)4;1-6-2-4-7(5-3-6)10-8(9)11;1-9(2)7-3-5-8-6-4-7;1-2-4-6-5-3-1/h8-12,17-18H,1,13-14H2,2-7H3;7,10-11,17H,1,8-9H2,2-6H3;2-5H,1H3;3-6H,1-2H3;1-5H/t17-,18-,23-;10-,11-,15-;;;/m11.../s1. The van der Waals surface area contributed by atoms with Crippen molar-refractivity contribution >= 4 is 75.6 Å². The van der Waals surface area contributed by atoms with Gasteiger partial charge in [0.1, 0.15) is 40.9 Å². The number of β-amino-alcohol motifs (C(OH)–C–C–N with tert-alkyl or cyclic N) is 1. The first-order valence-corrected chi connectivity index (χ1v) is 26.0. The summed E-state index contributed by atoms with van der Waals surface area (Å²) in [6.07, 6.45) is 8.38. The largest absolute Gasteiger partial charge is 0.467 e. The van der Waals surface area contributed by atoms with Gasteiger partial charge in [0.25, 0.3) is 4.51 Å². The minimum atomic E-state index is -0.933. The number of likely N-dealkylation sites (tertiary alicyclic amines) is 2. The Bertz CT molecular complexity index is 2520. The number of hydrogen-bond acceptors (Lipinski definition) is 17. The highest BCUT2D eigenvalue weighted by Crippen LogP contribution is 2.44. The summed E-state index contributed by atoms with van der Waals surface area (Å²) in [5.41, 5.74) is 0.346. The van der Waals surface area contributed by atoms with Crippen LogP contribution in [0.2, 0.25) is 0 Å². The average Bonchev–Trinajstić information content (AvgIpc) is 3.80. The third kappa shape index (κ3) is 22.0. The summed E-state index contributed by atoms with van der Waals surface area (Å²) in [7, 11) is 6.56. The van der Waals surface area contributed by atoms with Crippen LogP contribution in [0.3, 0.4) is 0 Å². The zero-order chi connectivity index (χ0) is 59.0. The average molecular weight is 1140 g/mol. The van der Waals surface area contributed by atoms with Crippen molar-refractivity contribution in [2.45, 2.75) is 118 Å². The molecule has 2 aliphatic heterocycles. The van der Waals surface area contributed by atoms with Gasteiger partial charge in [-0.1, -0.05) is 67.5 Å². The van der Waals surface area contributed by atoms with Gasteiger partial charge in [-0.25, -0.2) is 19.2 Å². The van der Waals surface area contributed by atoms with E-state index in [4.69, 9.17) is 57.0 Å². The monoisotopic (exact) mass is 1140 g/mol. The molecule has 17 nitrogen and oxygen atoms in total. The maximum absolute atomic E-state index is 12.9. The summed E-state index contributed by atoms with van der Waals surface area (Å²) in [5.74, 6) is 0.0802. The van der Waals surface area contributed by atoms with E-state index in [1.165, 1.54) is 35.3 Å². The Morgan fingerprint density at radius 2 is 1.10 bits per heavy atom. The lowest BCUT2D eigenvalue weighted by Crippen LogP contribution is -2.50. The van der Waals surface area contributed by atoms with Crippen LogP contribution in [0.15, 0.2) is 129 Å². The fourth-order valence-electron chi connectivity index (χ4n) is 7.86. The Hall–Kier alpha value is -6.67. The van der Waals surface area contributed by atoms with Crippen LogP contribution in [0.25, 0.3) is 0 Å². The lowest BCUT2D eigenvalue weighted by atomic mass is 9.77. The molecule has 2 fully saturated rings. The Morgan fingerprint density at radius 1 is 0.692 bits per heavy atom. The van der Waals surface area contributed by atoms with Gasteiger partial charge in [-0.2, -0.15) is 0 Å². The van der Waals surface area contributed by atoms with Gasteiger partial charge in [-0.15, -0.1) is 13.2 Å². The topological polar surface area (TPSA) is 189 Å². The number of aromatic nitrogens is 2. The number of hydrogen-bond donors (Lipinski definition) is 1. The van der Waals surface area contributed by atoms with Crippen molar-refractivity contribution in [2.75, 3.05) is 46.3 Å². The molecule has 2 aromatic heterocycles. The molecule has 2 aliphatic rings. The molecule has 6 atom stereocenters. The quantitative estimate of drug-likeness (QED) is 0.0518. The summed E-state index contributed by atoms with van der Waals surface area (Å²) >= 11 is 15.2. The number of aryl methyl sites for hydroxylation is 2. The number of pyridine rings is 2. The smallest absolute Gasteiger partial charge is 0.411 e. The lowest BCUT2D eigenvalue weighted by Gasteiger charge is -2.35. The molecule has 1 N–H and O–H groups in total. The van der Waals surface area contributed by atoms with Crippen molar-refractivity contribution in [1.82, 2.24) is 19.8 Å². The molecular weight excluding hydrogens is 1060 g/mol. The summed E-state index contributed by atoms with van der Waals surface area (Å²) in [5, 5.41) is 10.2. The Morgan fingerprint density at radius 3 is 1.46 bits per heavy atom. The van der Waals surface area contributed by atoms with Gasteiger partial charge in [0.15, 0.2) is 0 Å². The molecule has 0 bridgehead atoms. The minimum absolute atomic E-state index is 0.0221. The number of rotatable bonds is 10. The minimum Gasteiger partial charge on any atom is -0.467 e. The number of carbonyl (C=O) groups is 4. The molecular formula is C58H78ClN5O12S2. The van der Waals surface area contributed by atoms with Crippen LogP contribution in [0.5, 0.6) is 11.5 Å². The normalized spacial score (nSPS) is 20.0. The van der Waals surface area contributed by atoms with Crippen LogP contribution in [0.1, 0.15) is 79.4 Å². The zero-order valence-corrected chi connectivity index (χ0v) is 49.8. The zero-order valence-electron chi connectivity index (χ0n) is 47.4. The molecule has 0 aliphatic carbocycles. The fourth-order valence-corrected chi connectivity index (χ4v) is 8.26. The number of thiocarbonyl (C=S) groups is 2. The number of aliphatic hydroxyl groups excluding tert-OH is 1. The molecule has 4 aromatic rings. The molecule has 20 heteroatoms. The predicted octanol–water partition coefficient (Wildman–Crippen LogP) is 11.3. The highest BCUT2D eigenvalue weighted by molar-refractivity contribution is 7.82. The Balaban J connectivity index is 0.000000376. The molecule has 0 spiro atoms. The first-order valence-electron chi connectivity index (χ1n) is 24.8. The van der Waals surface area contributed by atoms with Crippen molar-refractivity contribution in [1.29, 1.82) is 0 Å². The van der Waals surface area contributed by atoms with Crippen LogP contribution < -0.4 is 14.4 Å². The number of aliphatic hydroxyl groups is 1. The van der Waals surface area contributed by atoms with Crippen LogP contribution in [0, 0.1) is 24.7 Å². The highest BCUT2D eigenvalue weighted by Gasteiger charge is 2.59. The fraction of sp³-hybridized carbons (Fsp3) is 0.448. The van der Waals surface area contributed by atoms with Crippen LogP contribution in [0.4, 0.5) is 15.3 Å². The van der Waals surface area contributed by atoms with Crippen molar-refractivity contribution in [3.63, 3.8) is 0 Å². The molecule has 0 radical (unpaired) electrons. The van der Waals surface area contributed by atoms with Gasteiger partial charge in [0.2, 0.25) is 0 Å². The Kier molecular flexibility index (Phi) is 27.4. The van der Waals surface area contributed by atoms with E-state index in [9.17, 15) is 24.3 Å². The van der Waals surface area contributed by atoms with E-state index < -0.39 is 70.4 Å². The number of anilines is 1. The van der Waals surface area contributed by atoms with Crippen molar-refractivity contribution in [3.8, 4) is 11.5 Å². The van der Waals surface area contributed by atoms with E-state index in [2.05, 4.69) is 35.3 Å². The maximum atomic E-state index is 12.9. The summed E-state index contributed by atoms with van der Waals surface area (Å²) in [4.78, 5) is 62.3. The van der Waals surface area contributed by atoms with Crippen molar-refractivity contribution < 1.29 is 57.4 Å². The molecule has 0 saturated carbocycles. The molecule has 2 aromatic carbocycles. The number of halogens is 1. The van der Waals surface area contributed by atoms with Crippen LogP contribution in [-0.2, 0) is 33.3 Å². The second-order valence-corrected chi connectivity index (χ2v) is 22.0. The van der Waals surface area contributed by atoms with Crippen molar-refractivity contribution in [2.24, 2.45) is 10.8 Å². The van der Waals surface area contributed by atoms with Gasteiger partial charge in [-0.05, 0) is 141 Å². The van der Waals surface area contributed by atoms with E-state index in [1.807, 2.05) is 106 Å². The van der Waals surface area contributed by atoms with Crippen molar-refractivity contribution in [3.05, 3.63) is 140 Å². The van der Waals surface area contributed by atoms with Gasteiger partial charge in [0, 0.05) is 67.6 Å². The lowest BCUT2D eigenvalue weighted by molar-refractivity contribution is -0.150. The van der Waals surface area contributed by atoms with Gasteiger partial charge in [-0.3, -0.25) is 19.8 Å². The molecule has 78 heavy (non-hydrogen) atoms. The Labute approximate surface area is 476 Å². The van der Waals surface area contributed by atoms with Gasteiger partial charge >= 0.3 is 29.4 Å². The van der Waals surface area contributed by atoms with E-state index in [0.717, 1.165) is 5.56 Å². The predicted molar refractivity (Wildman–Crippen MR) is 312 cm³/mol. The van der Waals surface area contributed by atoms with Gasteiger partial charge in [0.05, 0.1) is 33.4 Å². The maximum Gasteiger partial charge on any atom is 0.411 e. The second kappa shape index (κ2) is 31.7. The van der Waals surface area contributed by atoms with Gasteiger partial charge < -0.3 is 43.2 Å². The number of esters is 2. The SMILES string of the molecule is C=CC[C@]1(C)[C@H](O)CN(C(=O)OC(C)(C)C)[C@@H]1C(=O)OC.C=CC[C@]1(C)[C@H](OC(=S)Oc2ccc(C)cc2)CN(C(=O)OC(C)(C)C)[C@@H]1C(=O)OC.CN(C)c1ccncc1.Cc1ccc(OC(=S)Cl)cc1.c1ccncc1. The second-order valence-electron chi connectivity index (χ2n) is 20.7. The number of allylic oxidation sites excluding steroid dienone is 2. The molecule has 6 rings (SSSR count). The molecule has 2 saturated heterocycles. The molecule has 4 heterocycles. The van der Waals surface area contributed by atoms with E-state index in [-0.39, 0.29) is 22.8 Å². The number of benzene rings is 2. The number of methoxy groups -OCH3 is 2. The molecule has 0 unspecified atom stereocenters. The number of carbonyl (C=O) groups excluding carboxylic acids is 4. The third-order valence-electron chi connectivity index (χ3n) is 11.8. The highest BCUT2D eigenvalue weighted by atomic mass is 35.5. The molecule has 2 amide bonds. The number of amides is 2. The van der Waals surface area contributed by atoms with E-state index in [0.29, 0.717) is 24.3 Å². The first-order chi connectivity index (χ1) is 36.5. The number of ether oxygens (including phenoxy) is 7. The molecule has 426 valence electrons. The summed E-state index contributed by atoms with van der Waals surface area (Å²) in [6, 6.07) is 22.7. The third-order valence-corrected chi connectivity index (χ3v) is 12.1. The number of nitrogens with zero attached hydrogens (tertiary/aromatic N) is 5. The van der Waals surface area contributed by atoms with Crippen LogP contribution in [-0.4, -0.2) is 136 Å². The van der Waals surface area contributed by atoms with E-state index >= 15 is 0 Å². The van der Waals surface area contributed by atoms with E-state index in [1.54, 1.807) is 97.5 Å². The summed E-state index contributed by atoms with van der Waals surface area (Å²) in [6.45, 7) is 25.6.